The van der Waals surface area contributed by atoms with Crippen LogP contribution < -0.4 is 4.90 Å². The van der Waals surface area contributed by atoms with E-state index in [9.17, 15) is 0 Å². The Morgan fingerprint density at radius 3 is 1.45 bits per heavy atom. The Hall–Kier alpha value is -5.92. The number of hydrogen-bond donors (Lipinski definition) is 0. The maximum atomic E-state index is 2.49. The fourth-order valence-corrected chi connectivity index (χ4v) is 7.27. The molecule has 0 unspecified atom stereocenters. The van der Waals surface area contributed by atoms with Crippen LogP contribution in [0.5, 0.6) is 0 Å². The summed E-state index contributed by atoms with van der Waals surface area (Å²) in [7, 11) is 0. The smallest absolute Gasteiger partial charge is 0.0500 e. The third-order valence-electron chi connectivity index (χ3n) is 9.69. The summed E-state index contributed by atoms with van der Waals surface area (Å²) in [6.07, 6.45) is 1.98. The van der Waals surface area contributed by atoms with Crippen LogP contribution in [0.3, 0.4) is 0 Å². The van der Waals surface area contributed by atoms with Gasteiger partial charge in [0.1, 0.15) is 0 Å². The molecule has 8 aromatic rings. The molecule has 0 radical (unpaired) electrons. The number of nitrogens with zero attached hydrogens (tertiary/aromatic N) is 1. The minimum Gasteiger partial charge on any atom is -0.310 e. The van der Waals surface area contributed by atoms with Gasteiger partial charge < -0.3 is 4.90 Å². The summed E-state index contributed by atoms with van der Waals surface area (Å²) in [6, 6.07) is 64.7. The first-order valence-corrected chi connectivity index (χ1v) is 16.5. The summed E-state index contributed by atoms with van der Waals surface area (Å²) in [5.74, 6) is 0. The van der Waals surface area contributed by atoms with Crippen molar-refractivity contribution in [3.63, 3.8) is 0 Å². The molecule has 0 saturated heterocycles. The zero-order valence-corrected chi connectivity index (χ0v) is 26.1. The topological polar surface area (TPSA) is 3.24 Å². The van der Waals surface area contributed by atoms with E-state index < -0.39 is 0 Å². The molecule has 0 fully saturated rings. The minimum absolute atomic E-state index is 0.991. The first-order chi connectivity index (χ1) is 23.3. The molecule has 0 saturated carbocycles. The van der Waals surface area contributed by atoms with Gasteiger partial charge in [-0.3, -0.25) is 0 Å². The predicted octanol–water partition coefficient (Wildman–Crippen LogP) is 12.6. The van der Waals surface area contributed by atoms with Crippen LogP contribution in [0, 0.1) is 0 Å². The number of benzene rings is 8. The van der Waals surface area contributed by atoms with Gasteiger partial charge in [0.25, 0.3) is 0 Å². The van der Waals surface area contributed by atoms with E-state index in [1.807, 2.05) is 0 Å². The lowest BCUT2D eigenvalue weighted by Gasteiger charge is -2.28. The van der Waals surface area contributed by atoms with Gasteiger partial charge in [-0.05, 0) is 121 Å². The summed E-state index contributed by atoms with van der Waals surface area (Å²) in [5.41, 5.74) is 13.8. The molecular formula is C46H33N. The Labute approximate surface area is 276 Å². The van der Waals surface area contributed by atoms with Crippen molar-refractivity contribution in [3.8, 4) is 33.4 Å². The van der Waals surface area contributed by atoms with Crippen LogP contribution in [-0.4, -0.2) is 0 Å². The molecule has 0 spiro atoms. The largest absolute Gasteiger partial charge is 0.310 e. The molecule has 0 amide bonds. The predicted molar refractivity (Wildman–Crippen MR) is 200 cm³/mol. The van der Waals surface area contributed by atoms with E-state index in [1.165, 1.54) is 83.1 Å². The molecule has 1 aliphatic rings. The van der Waals surface area contributed by atoms with Crippen LogP contribution in [0.15, 0.2) is 176 Å². The second-order valence-corrected chi connectivity index (χ2v) is 12.5. The fourth-order valence-electron chi connectivity index (χ4n) is 7.27. The lowest BCUT2D eigenvalue weighted by molar-refractivity contribution is 0.978. The van der Waals surface area contributed by atoms with Crippen LogP contribution in [0.2, 0.25) is 0 Å². The quantitative estimate of drug-likeness (QED) is 0.194. The molecule has 222 valence electrons. The van der Waals surface area contributed by atoms with Crippen LogP contribution in [-0.2, 0) is 12.8 Å². The van der Waals surface area contributed by atoms with Crippen LogP contribution in [0.4, 0.5) is 17.1 Å². The number of rotatable bonds is 4. The maximum absolute atomic E-state index is 2.49. The normalized spacial score (nSPS) is 12.5. The summed E-state index contributed by atoms with van der Waals surface area (Å²) >= 11 is 0. The van der Waals surface area contributed by atoms with Crippen molar-refractivity contribution in [2.24, 2.45) is 0 Å². The summed E-state index contributed by atoms with van der Waals surface area (Å²) in [4.78, 5) is 2.49. The highest BCUT2D eigenvalue weighted by molar-refractivity contribution is 5.98. The van der Waals surface area contributed by atoms with Gasteiger partial charge in [0.2, 0.25) is 0 Å². The molecule has 1 heteroatoms. The van der Waals surface area contributed by atoms with Crippen LogP contribution >= 0.6 is 0 Å². The van der Waals surface area contributed by atoms with Crippen LogP contribution in [0.1, 0.15) is 11.1 Å². The van der Waals surface area contributed by atoms with Gasteiger partial charge in [-0.1, -0.05) is 133 Å². The third-order valence-corrected chi connectivity index (χ3v) is 9.69. The van der Waals surface area contributed by atoms with Gasteiger partial charge in [-0.2, -0.15) is 0 Å². The molecule has 9 rings (SSSR count). The Kier molecular flexibility index (Phi) is 6.68. The van der Waals surface area contributed by atoms with Crippen molar-refractivity contribution in [1.29, 1.82) is 0 Å². The van der Waals surface area contributed by atoms with Gasteiger partial charge in [-0.15, -0.1) is 0 Å². The Morgan fingerprint density at radius 1 is 0.319 bits per heavy atom. The highest BCUT2D eigenvalue weighted by Gasteiger charge is 2.24. The first kappa shape index (κ1) is 27.4. The average molecular weight is 600 g/mol. The molecule has 1 nitrogen and oxygen atoms in total. The first-order valence-electron chi connectivity index (χ1n) is 16.5. The van der Waals surface area contributed by atoms with Crippen LogP contribution in [0.25, 0.3) is 54.9 Å². The molecule has 0 bridgehead atoms. The molecule has 1 heterocycles. The lowest BCUT2D eigenvalue weighted by atomic mass is 9.90. The summed E-state index contributed by atoms with van der Waals surface area (Å²) in [6.45, 7) is 0. The minimum atomic E-state index is 0.991. The number of para-hydroxylation sites is 1. The number of aryl methyl sites for hydroxylation is 2. The second-order valence-electron chi connectivity index (χ2n) is 12.5. The maximum Gasteiger partial charge on any atom is 0.0500 e. The van der Waals surface area contributed by atoms with Crippen molar-refractivity contribution >= 4 is 38.6 Å². The van der Waals surface area contributed by atoms with E-state index in [1.54, 1.807) is 0 Å². The third kappa shape index (κ3) is 4.98. The molecule has 0 aliphatic carbocycles. The molecular weight excluding hydrogens is 567 g/mol. The van der Waals surface area contributed by atoms with Gasteiger partial charge >= 0.3 is 0 Å². The second kappa shape index (κ2) is 11.5. The highest BCUT2D eigenvalue weighted by Crippen LogP contribution is 2.46. The van der Waals surface area contributed by atoms with Gasteiger partial charge in [0, 0.05) is 17.1 Å². The molecule has 47 heavy (non-hydrogen) atoms. The van der Waals surface area contributed by atoms with Crippen molar-refractivity contribution in [2.75, 3.05) is 4.90 Å². The molecule has 0 aromatic heterocycles. The standard InChI is InChI=1S/C46H33N/c1-3-12-33(13-4-1)43-28-37-15-9-10-16-38(37)29-44(43)41-26-23-35-21-20-34-22-25-40(39-24-19-32-11-7-8-14-36(32)27-39)30-45(34)47(46(35)31-41)42-17-5-2-6-18-42/h1-19,22-31H,20-21H2. The number of anilines is 3. The van der Waals surface area contributed by atoms with Gasteiger partial charge in [0.05, 0.1) is 0 Å². The monoisotopic (exact) mass is 599 g/mol. The van der Waals surface area contributed by atoms with E-state index in [0.717, 1.165) is 12.8 Å². The molecule has 8 aromatic carbocycles. The average Bonchev–Trinajstić information content (AvgIpc) is 3.31. The van der Waals surface area contributed by atoms with Crippen molar-refractivity contribution < 1.29 is 0 Å². The Morgan fingerprint density at radius 2 is 0.787 bits per heavy atom. The summed E-state index contributed by atoms with van der Waals surface area (Å²) in [5, 5.41) is 5.04. The zero-order chi connectivity index (χ0) is 31.2. The van der Waals surface area contributed by atoms with E-state index >= 15 is 0 Å². The molecule has 0 atom stereocenters. The fraction of sp³-hybridized carbons (Fsp3) is 0.0435. The molecule has 0 N–H and O–H groups in total. The van der Waals surface area contributed by atoms with Crippen molar-refractivity contribution in [1.82, 2.24) is 0 Å². The molecule has 1 aliphatic heterocycles. The SMILES string of the molecule is c1ccc(-c2cc3ccccc3cc2-c2ccc3c(c2)N(c2ccccc2)c2cc(-c4ccc5ccccc5c4)ccc2CC3)cc1. The van der Waals surface area contributed by atoms with E-state index in [4.69, 9.17) is 0 Å². The number of fused-ring (bicyclic) bond motifs is 4. The van der Waals surface area contributed by atoms with Crippen molar-refractivity contribution in [3.05, 3.63) is 187 Å². The Balaban J connectivity index is 1.25. The van der Waals surface area contributed by atoms with Gasteiger partial charge in [0.15, 0.2) is 0 Å². The van der Waals surface area contributed by atoms with Crippen molar-refractivity contribution in [2.45, 2.75) is 12.8 Å². The van der Waals surface area contributed by atoms with E-state index in [0.29, 0.717) is 0 Å². The van der Waals surface area contributed by atoms with E-state index in [-0.39, 0.29) is 0 Å². The zero-order valence-electron chi connectivity index (χ0n) is 26.1. The van der Waals surface area contributed by atoms with Gasteiger partial charge in [-0.25, -0.2) is 0 Å². The highest BCUT2D eigenvalue weighted by atomic mass is 15.1. The van der Waals surface area contributed by atoms with E-state index in [2.05, 4.69) is 181 Å². The summed E-state index contributed by atoms with van der Waals surface area (Å²) < 4.78 is 0. The lowest BCUT2D eigenvalue weighted by Crippen LogP contribution is -2.12. The Bertz CT molecular complexity index is 2410. The number of hydrogen-bond acceptors (Lipinski definition) is 1.